The molecule has 1 N–H and O–H groups in total. The Bertz CT molecular complexity index is 724. The normalized spacial score (nSPS) is 10.4. The molecule has 0 saturated carbocycles. The minimum atomic E-state index is -0.473. The minimum absolute atomic E-state index is 0.180. The SMILES string of the molecule is O=C(COc1cc(Cl)c(Cl)cc1Cl)Nc1ncc(Cl)cc1Cl. The van der Waals surface area contributed by atoms with E-state index < -0.39 is 5.91 Å². The largest absolute Gasteiger partial charge is 0.482 e. The van der Waals surface area contributed by atoms with Crippen molar-refractivity contribution in [2.45, 2.75) is 0 Å². The lowest BCUT2D eigenvalue weighted by molar-refractivity contribution is -0.118. The zero-order valence-corrected chi connectivity index (χ0v) is 14.4. The number of hydrogen-bond acceptors (Lipinski definition) is 3. The molecule has 0 aliphatic rings. The number of ether oxygens (including phenoxy) is 1. The van der Waals surface area contributed by atoms with Gasteiger partial charge in [0.15, 0.2) is 12.4 Å². The minimum Gasteiger partial charge on any atom is -0.482 e. The van der Waals surface area contributed by atoms with Crippen molar-refractivity contribution >= 4 is 69.7 Å². The monoisotopic (exact) mass is 398 g/mol. The van der Waals surface area contributed by atoms with Gasteiger partial charge in [0.05, 0.1) is 25.1 Å². The first-order valence-corrected chi connectivity index (χ1v) is 7.64. The van der Waals surface area contributed by atoms with E-state index in [1.165, 1.54) is 24.4 Å². The molecule has 22 heavy (non-hydrogen) atoms. The summed E-state index contributed by atoms with van der Waals surface area (Å²) in [4.78, 5) is 15.7. The first-order valence-electron chi connectivity index (χ1n) is 5.75. The van der Waals surface area contributed by atoms with Crippen LogP contribution in [0.4, 0.5) is 5.82 Å². The Hall–Kier alpha value is -0.910. The number of pyridine rings is 1. The number of nitrogens with one attached hydrogen (secondary N) is 1. The lowest BCUT2D eigenvalue weighted by Gasteiger charge is -2.10. The lowest BCUT2D eigenvalue weighted by atomic mass is 10.3. The number of anilines is 1. The summed E-state index contributed by atoms with van der Waals surface area (Å²) in [5.41, 5.74) is 0. The third-order valence-corrected chi connectivity index (χ3v) is 3.91. The number of carbonyl (C=O) groups is 1. The van der Waals surface area contributed by atoms with E-state index >= 15 is 0 Å². The average Bonchev–Trinajstić information content (AvgIpc) is 2.44. The van der Waals surface area contributed by atoms with Gasteiger partial charge < -0.3 is 10.1 Å². The van der Waals surface area contributed by atoms with Crippen LogP contribution in [0.25, 0.3) is 0 Å². The highest BCUT2D eigenvalue weighted by atomic mass is 35.5. The summed E-state index contributed by atoms with van der Waals surface area (Å²) in [6, 6.07) is 4.31. The van der Waals surface area contributed by atoms with Gasteiger partial charge in [-0.1, -0.05) is 58.0 Å². The van der Waals surface area contributed by atoms with Crippen molar-refractivity contribution in [2.24, 2.45) is 0 Å². The molecule has 1 aromatic heterocycles. The van der Waals surface area contributed by atoms with Gasteiger partial charge in [-0.25, -0.2) is 4.98 Å². The van der Waals surface area contributed by atoms with Crippen LogP contribution in [0, 0.1) is 0 Å². The number of rotatable bonds is 4. The van der Waals surface area contributed by atoms with E-state index in [9.17, 15) is 4.79 Å². The maximum Gasteiger partial charge on any atom is 0.263 e. The second kappa shape index (κ2) is 7.57. The molecule has 2 rings (SSSR count). The van der Waals surface area contributed by atoms with Gasteiger partial charge in [-0.2, -0.15) is 0 Å². The van der Waals surface area contributed by atoms with E-state index in [0.717, 1.165) is 0 Å². The predicted molar refractivity (Wildman–Crippen MR) is 89.9 cm³/mol. The van der Waals surface area contributed by atoms with Crippen LogP contribution >= 0.6 is 58.0 Å². The number of hydrogen-bond donors (Lipinski definition) is 1. The Morgan fingerprint density at radius 1 is 1.00 bits per heavy atom. The molecule has 0 bridgehead atoms. The zero-order valence-electron chi connectivity index (χ0n) is 10.7. The number of benzene rings is 1. The summed E-state index contributed by atoms with van der Waals surface area (Å²) in [6.45, 7) is -0.307. The van der Waals surface area contributed by atoms with Crippen LogP contribution in [-0.4, -0.2) is 17.5 Å². The van der Waals surface area contributed by atoms with Crippen LogP contribution in [0.3, 0.4) is 0 Å². The van der Waals surface area contributed by atoms with Crippen LogP contribution in [0.15, 0.2) is 24.4 Å². The van der Waals surface area contributed by atoms with Crippen molar-refractivity contribution < 1.29 is 9.53 Å². The molecule has 0 aliphatic carbocycles. The number of carbonyl (C=O) groups excluding carboxylic acids is 1. The van der Waals surface area contributed by atoms with Gasteiger partial charge in [0.25, 0.3) is 5.91 Å². The van der Waals surface area contributed by atoms with Crippen molar-refractivity contribution in [3.8, 4) is 5.75 Å². The number of halogens is 5. The fourth-order valence-corrected chi connectivity index (χ4v) is 2.45. The quantitative estimate of drug-likeness (QED) is 0.703. The highest BCUT2D eigenvalue weighted by Crippen LogP contribution is 2.33. The maximum absolute atomic E-state index is 11.8. The van der Waals surface area contributed by atoms with E-state index in [1.54, 1.807) is 0 Å². The van der Waals surface area contributed by atoms with E-state index in [4.69, 9.17) is 62.7 Å². The fraction of sp³-hybridized carbons (Fsp3) is 0.0769. The lowest BCUT2D eigenvalue weighted by Crippen LogP contribution is -2.21. The molecule has 2 aromatic rings. The molecule has 9 heteroatoms. The summed E-state index contributed by atoms with van der Waals surface area (Å²) in [6.07, 6.45) is 1.36. The van der Waals surface area contributed by atoms with E-state index in [-0.39, 0.29) is 33.2 Å². The van der Waals surface area contributed by atoms with E-state index in [2.05, 4.69) is 10.3 Å². The second-order valence-electron chi connectivity index (χ2n) is 4.02. The number of aromatic nitrogens is 1. The highest BCUT2D eigenvalue weighted by Gasteiger charge is 2.11. The molecule has 116 valence electrons. The molecule has 1 heterocycles. The predicted octanol–water partition coefficient (Wildman–Crippen LogP) is 5.37. The van der Waals surface area contributed by atoms with E-state index in [0.29, 0.717) is 10.0 Å². The standard InChI is InChI=1S/C13H7Cl5N2O2/c14-6-1-10(18)13(19-4-6)20-12(21)5-22-11-3-8(16)7(15)2-9(11)17/h1-4H,5H2,(H,19,20,21). The Morgan fingerprint density at radius 2 is 1.68 bits per heavy atom. The van der Waals surface area contributed by atoms with Gasteiger partial charge in [-0.3, -0.25) is 4.79 Å². The van der Waals surface area contributed by atoms with Gasteiger partial charge in [-0.05, 0) is 12.1 Å². The smallest absolute Gasteiger partial charge is 0.263 e. The first kappa shape index (κ1) is 17.4. The Morgan fingerprint density at radius 3 is 2.36 bits per heavy atom. The topological polar surface area (TPSA) is 51.2 Å². The number of amides is 1. The molecule has 0 unspecified atom stereocenters. The molecule has 1 amide bonds. The molecular weight excluding hydrogens is 393 g/mol. The molecule has 0 aliphatic heterocycles. The molecule has 0 spiro atoms. The first-order chi connectivity index (χ1) is 10.4. The molecular formula is C13H7Cl5N2O2. The van der Waals surface area contributed by atoms with Gasteiger partial charge in [0.1, 0.15) is 5.75 Å². The van der Waals surface area contributed by atoms with Gasteiger partial charge in [0, 0.05) is 12.3 Å². The van der Waals surface area contributed by atoms with Crippen molar-refractivity contribution in [1.82, 2.24) is 4.98 Å². The van der Waals surface area contributed by atoms with Crippen LogP contribution in [0.2, 0.25) is 25.1 Å². The summed E-state index contributed by atoms with van der Waals surface area (Å²) in [5, 5.41) is 3.86. The fourth-order valence-electron chi connectivity index (χ4n) is 1.43. The summed E-state index contributed by atoms with van der Waals surface area (Å²) < 4.78 is 5.29. The third-order valence-electron chi connectivity index (χ3n) is 2.40. The summed E-state index contributed by atoms with van der Waals surface area (Å²) in [7, 11) is 0. The van der Waals surface area contributed by atoms with Crippen LogP contribution in [0.1, 0.15) is 0 Å². The molecule has 1 aromatic carbocycles. The number of nitrogens with zero attached hydrogens (tertiary/aromatic N) is 1. The second-order valence-corrected chi connectivity index (χ2v) is 6.08. The summed E-state index contributed by atoms with van der Waals surface area (Å²) in [5.74, 6) is -0.0554. The van der Waals surface area contributed by atoms with Crippen LogP contribution in [-0.2, 0) is 4.79 Å². The molecule has 4 nitrogen and oxygen atoms in total. The van der Waals surface area contributed by atoms with Crippen LogP contribution < -0.4 is 10.1 Å². The third kappa shape index (κ3) is 4.54. The zero-order chi connectivity index (χ0) is 16.3. The van der Waals surface area contributed by atoms with Crippen molar-refractivity contribution in [2.75, 3.05) is 11.9 Å². The molecule has 0 saturated heterocycles. The van der Waals surface area contributed by atoms with Gasteiger partial charge >= 0.3 is 0 Å². The summed E-state index contributed by atoms with van der Waals surface area (Å²) >= 11 is 29.2. The van der Waals surface area contributed by atoms with Crippen molar-refractivity contribution in [1.29, 1.82) is 0 Å². The van der Waals surface area contributed by atoms with Gasteiger partial charge in [-0.15, -0.1) is 0 Å². The molecule has 0 fully saturated rings. The highest BCUT2D eigenvalue weighted by molar-refractivity contribution is 6.43. The molecule has 0 atom stereocenters. The van der Waals surface area contributed by atoms with Crippen molar-refractivity contribution in [3.63, 3.8) is 0 Å². The van der Waals surface area contributed by atoms with E-state index in [1.807, 2.05) is 0 Å². The maximum atomic E-state index is 11.8. The Kier molecular flexibility index (Phi) is 6.01. The van der Waals surface area contributed by atoms with Crippen molar-refractivity contribution in [3.05, 3.63) is 49.5 Å². The van der Waals surface area contributed by atoms with Crippen LogP contribution in [0.5, 0.6) is 5.75 Å². The van der Waals surface area contributed by atoms with Gasteiger partial charge in [0.2, 0.25) is 0 Å². The molecule has 0 radical (unpaired) electrons. The average molecular weight is 400 g/mol. The Balaban J connectivity index is 2.00. The Labute approximate surface area is 151 Å².